The van der Waals surface area contributed by atoms with E-state index in [0.29, 0.717) is 0 Å². The van der Waals surface area contributed by atoms with Crippen LogP contribution in [-0.4, -0.2) is 21.8 Å². The second kappa shape index (κ2) is 5.20. The molecule has 1 rings (SSSR count). The number of aliphatic carboxylic acids is 1. The first kappa shape index (κ1) is 12.8. The van der Waals surface area contributed by atoms with Gasteiger partial charge in [0, 0.05) is 23.6 Å². The molecule has 1 aromatic rings. The van der Waals surface area contributed by atoms with Crippen molar-refractivity contribution in [2.75, 3.05) is 0 Å². The van der Waals surface area contributed by atoms with Crippen LogP contribution < -0.4 is 0 Å². The molecule has 6 heteroatoms. The molecular weight excluding hydrogens is 226 g/mol. The summed E-state index contributed by atoms with van der Waals surface area (Å²) in [6, 6.07) is 4.19. The molecule has 90 valence electrons. The lowest BCUT2D eigenvalue weighted by atomic mass is 10.0. The van der Waals surface area contributed by atoms with Gasteiger partial charge in [-0.25, -0.2) is 0 Å². The number of carbonyl (C=O) groups is 2. The molecule has 1 aromatic carbocycles. The first-order chi connectivity index (χ1) is 7.93. The van der Waals surface area contributed by atoms with Crippen LogP contribution in [0.2, 0.25) is 0 Å². The average molecular weight is 237 g/mol. The summed E-state index contributed by atoms with van der Waals surface area (Å²) in [6.45, 7) is 1.48. The number of nitro benzene ring substituents is 1. The normalized spacial score (nSPS) is 9.94. The summed E-state index contributed by atoms with van der Waals surface area (Å²) in [4.78, 5) is 32.1. The summed E-state index contributed by atoms with van der Waals surface area (Å²) in [5, 5.41) is 19.1. The van der Waals surface area contributed by atoms with Gasteiger partial charge in [-0.05, 0) is 6.92 Å². The highest BCUT2D eigenvalue weighted by atomic mass is 16.6. The number of nitrogens with zero attached hydrogens (tertiary/aromatic N) is 1. The molecule has 0 aliphatic carbocycles. The smallest absolute Gasteiger partial charge is 0.303 e. The first-order valence-corrected chi connectivity index (χ1v) is 4.92. The number of Topliss-reactive ketones (excluding diaryl/α,β-unsaturated/α-hetero) is 1. The minimum absolute atomic E-state index is 0.133. The van der Waals surface area contributed by atoms with Crippen LogP contribution in [0.5, 0.6) is 0 Å². The molecular formula is C11H11NO5. The zero-order valence-corrected chi connectivity index (χ0v) is 9.17. The quantitative estimate of drug-likeness (QED) is 0.479. The number of nitro groups is 1. The average Bonchev–Trinajstić information content (AvgIpc) is 2.25. The molecule has 6 nitrogen and oxygen atoms in total. The number of carboxylic acids is 1. The van der Waals surface area contributed by atoms with Crippen molar-refractivity contribution in [2.24, 2.45) is 0 Å². The van der Waals surface area contributed by atoms with E-state index in [4.69, 9.17) is 5.11 Å². The minimum atomic E-state index is -1.07. The molecule has 0 radical (unpaired) electrons. The van der Waals surface area contributed by atoms with Gasteiger partial charge in [-0.2, -0.15) is 0 Å². The van der Waals surface area contributed by atoms with Crippen molar-refractivity contribution in [2.45, 2.75) is 19.8 Å². The van der Waals surface area contributed by atoms with Crippen LogP contribution >= 0.6 is 0 Å². The number of carboxylic acid groups (broad SMARTS) is 1. The number of carbonyl (C=O) groups excluding carboxylic acids is 1. The van der Waals surface area contributed by atoms with Crippen molar-refractivity contribution < 1.29 is 19.6 Å². The van der Waals surface area contributed by atoms with E-state index < -0.39 is 16.7 Å². The first-order valence-electron chi connectivity index (χ1n) is 4.92. The van der Waals surface area contributed by atoms with E-state index in [2.05, 4.69) is 0 Å². The fourth-order valence-electron chi connectivity index (χ4n) is 1.48. The molecule has 0 unspecified atom stereocenters. The van der Waals surface area contributed by atoms with Gasteiger partial charge < -0.3 is 5.11 Å². The van der Waals surface area contributed by atoms with E-state index in [1.165, 1.54) is 25.1 Å². The topological polar surface area (TPSA) is 97.5 Å². The highest BCUT2D eigenvalue weighted by Crippen LogP contribution is 2.22. The van der Waals surface area contributed by atoms with Crippen LogP contribution in [-0.2, 0) is 4.79 Å². The number of hydrogen-bond donors (Lipinski definition) is 1. The summed E-state index contributed by atoms with van der Waals surface area (Å²) in [5.74, 6) is -1.46. The Hall–Kier alpha value is -2.24. The number of benzene rings is 1. The summed E-state index contributed by atoms with van der Waals surface area (Å²) >= 11 is 0. The fraction of sp³-hybridized carbons (Fsp3) is 0.273. The Bertz CT molecular complexity index is 481. The highest BCUT2D eigenvalue weighted by molar-refractivity contribution is 5.99. The molecule has 0 atom stereocenters. The zero-order chi connectivity index (χ0) is 13.0. The van der Waals surface area contributed by atoms with Crippen LogP contribution in [0.4, 0.5) is 5.69 Å². The largest absolute Gasteiger partial charge is 0.481 e. The molecule has 0 saturated carbocycles. The molecule has 0 aliphatic rings. The van der Waals surface area contributed by atoms with E-state index in [1.807, 2.05) is 0 Å². The number of hydrogen-bond acceptors (Lipinski definition) is 4. The molecule has 0 saturated heterocycles. The number of rotatable bonds is 5. The lowest BCUT2D eigenvalue weighted by Gasteiger charge is -2.04. The van der Waals surface area contributed by atoms with Gasteiger partial charge in [0.1, 0.15) is 0 Å². The standard InChI is InChI=1S/C11H11NO5/c1-7-8(10(13)5-6-11(14)15)3-2-4-9(7)12(16)17/h2-4H,5-6H2,1H3,(H,14,15). The number of ketones is 1. The Morgan fingerprint density at radius 1 is 1.35 bits per heavy atom. The van der Waals surface area contributed by atoms with Gasteiger partial charge in [0.05, 0.1) is 11.3 Å². The van der Waals surface area contributed by atoms with Crippen LogP contribution in [0.1, 0.15) is 28.8 Å². The second-order valence-electron chi connectivity index (χ2n) is 3.52. The molecule has 0 bridgehead atoms. The van der Waals surface area contributed by atoms with E-state index >= 15 is 0 Å². The lowest BCUT2D eigenvalue weighted by molar-refractivity contribution is -0.385. The second-order valence-corrected chi connectivity index (χ2v) is 3.52. The van der Waals surface area contributed by atoms with E-state index in [1.54, 1.807) is 0 Å². The Kier molecular flexibility index (Phi) is 3.92. The maximum Gasteiger partial charge on any atom is 0.303 e. The monoisotopic (exact) mass is 237 g/mol. The van der Waals surface area contributed by atoms with Gasteiger partial charge in [-0.3, -0.25) is 19.7 Å². The summed E-state index contributed by atoms with van der Waals surface area (Å²) < 4.78 is 0. The van der Waals surface area contributed by atoms with Gasteiger partial charge in [0.15, 0.2) is 5.78 Å². The van der Waals surface area contributed by atoms with Crippen molar-refractivity contribution in [3.63, 3.8) is 0 Å². The summed E-state index contributed by atoms with van der Waals surface area (Å²) in [6.07, 6.45) is -0.432. The maximum atomic E-state index is 11.7. The third-order valence-corrected chi connectivity index (χ3v) is 2.37. The highest BCUT2D eigenvalue weighted by Gasteiger charge is 2.18. The lowest BCUT2D eigenvalue weighted by Crippen LogP contribution is -2.06. The predicted molar refractivity (Wildman–Crippen MR) is 59.0 cm³/mol. The molecule has 1 N–H and O–H groups in total. The SMILES string of the molecule is Cc1c(C(=O)CCC(=O)O)cccc1[N+](=O)[O-]. The van der Waals surface area contributed by atoms with Crippen LogP contribution in [0.25, 0.3) is 0 Å². The molecule has 0 amide bonds. The van der Waals surface area contributed by atoms with Crippen molar-refractivity contribution in [3.05, 3.63) is 39.4 Å². The van der Waals surface area contributed by atoms with Gasteiger partial charge >= 0.3 is 5.97 Å². The van der Waals surface area contributed by atoms with Crippen molar-refractivity contribution in [1.29, 1.82) is 0 Å². The van der Waals surface area contributed by atoms with Crippen LogP contribution in [0, 0.1) is 17.0 Å². The molecule has 17 heavy (non-hydrogen) atoms. The Morgan fingerprint density at radius 3 is 2.53 bits per heavy atom. The van der Waals surface area contributed by atoms with Crippen molar-refractivity contribution in [3.8, 4) is 0 Å². The Labute approximate surface area is 97.0 Å². The molecule has 0 aromatic heterocycles. The van der Waals surface area contributed by atoms with Gasteiger partial charge in [0.25, 0.3) is 5.69 Å². The Balaban J connectivity index is 2.98. The Morgan fingerprint density at radius 2 is 2.00 bits per heavy atom. The predicted octanol–water partition coefficient (Wildman–Crippen LogP) is 1.95. The third-order valence-electron chi connectivity index (χ3n) is 2.37. The summed E-state index contributed by atoms with van der Waals surface area (Å²) in [7, 11) is 0. The van der Waals surface area contributed by atoms with Crippen molar-refractivity contribution in [1.82, 2.24) is 0 Å². The molecule has 0 aliphatic heterocycles. The summed E-state index contributed by atoms with van der Waals surface area (Å²) in [5.41, 5.74) is 0.347. The minimum Gasteiger partial charge on any atom is -0.481 e. The maximum absolute atomic E-state index is 11.7. The van der Waals surface area contributed by atoms with Crippen LogP contribution in [0.15, 0.2) is 18.2 Å². The van der Waals surface area contributed by atoms with Gasteiger partial charge in [-0.15, -0.1) is 0 Å². The van der Waals surface area contributed by atoms with Gasteiger partial charge in [-0.1, -0.05) is 12.1 Å². The van der Waals surface area contributed by atoms with Crippen LogP contribution in [0.3, 0.4) is 0 Å². The molecule has 0 fully saturated rings. The van der Waals surface area contributed by atoms with Gasteiger partial charge in [0.2, 0.25) is 0 Å². The third kappa shape index (κ3) is 3.10. The zero-order valence-electron chi connectivity index (χ0n) is 9.17. The van der Waals surface area contributed by atoms with E-state index in [0.717, 1.165) is 0 Å². The van der Waals surface area contributed by atoms with E-state index in [-0.39, 0.29) is 29.7 Å². The molecule has 0 heterocycles. The van der Waals surface area contributed by atoms with Crippen molar-refractivity contribution >= 4 is 17.4 Å². The fourth-order valence-corrected chi connectivity index (χ4v) is 1.48. The molecule has 0 spiro atoms. The van der Waals surface area contributed by atoms with E-state index in [9.17, 15) is 19.7 Å².